The zero-order valence-corrected chi connectivity index (χ0v) is 11.1. The Morgan fingerprint density at radius 2 is 2.21 bits per heavy atom. The van der Waals surface area contributed by atoms with Crippen LogP contribution in [0.3, 0.4) is 0 Å². The average Bonchev–Trinajstić information content (AvgIpc) is 2.47. The molecule has 5 nitrogen and oxygen atoms in total. The number of carbonyl (C=O) groups is 1. The molecule has 1 aromatic carbocycles. The highest BCUT2D eigenvalue weighted by atomic mass is 16.5. The molecule has 19 heavy (non-hydrogen) atoms. The summed E-state index contributed by atoms with van der Waals surface area (Å²) in [7, 11) is 1.51. The molecular formula is C14H20N2O3. The Labute approximate surface area is 113 Å². The maximum Gasteiger partial charge on any atom is 0.223 e. The molecule has 3 N–H and O–H groups in total. The number of phenols is 1. The standard InChI is InChI=1S/C14H20N2O3/c1-19-13-8-10(2-3-12(13)17)9-16-14(18)11-4-6-15-7-5-11/h2-3,8,11,15,17H,4-7,9H2,1H3,(H,16,18). The number of amides is 1. The molecule has 1 aromatic rings. The van der Waals surface area contributed by atoms with Crippen molar-refractivity contribution >= 4 is 5.91 Å². The van der Waals surface area contributed by atoms with Gasteiger partial charge in [-0.2, -0.15) is 0 Å². The van der Waals surface area contributed by atoms with E-state index in [1.54, 1.807) is 18.2 Å². The molecule has 1 fully saturated rings. The van der Waals surface area contributed by atoms with Crippen LogP contribution >= 0.6 is 0 Å². The van der Waals surface area contributed by atoms with Crippen molar-refractivity contribution in [2.75, 3.05) is 20.2 Å². The van der Waals surface area contributed by atoms with Gasteiger partial charge in [0.25, 0.3) is 0 Å². The van der Waals surface area contributed by atoms with Crippen LogP contribution in [0.2, 0.25) is 0 Å². The molecule has 0 unspecified atom stereocenters. The van der Waals surface area contributed by atoms with Gasteiger partial charge >= 0.3 is 0 Å². The largest absolute Gasteiger partial charge is 0.504 e. The summed E-state index contributed by atoms with van der Waals surface area (Å²) in [4.78, 5) is 12.0. The van der Waals surface area contributed by atoms with Gasteiger partial charge in [-0.05, 0) is 43.6 Å². The highest BCUT2D eigenvalue weighted by Gasteiger charge is 2.20. The molecule has 104 valence electrons. The fraction of sp³-hybridized carbons (Fsp3) is 0.500. The van der Waals surface area contributed by atoms with Crippen molar-refractivity contribution in [3.05, 3.63) is 23.8 Å². The molecule has 2 rings (SSSR count). The van der Waals surface area contributed by atoms with E-state index in [9.17, 15) is 9.90 Å². The van der Waals surface area contributed by atoms with E-state index in [1.165, 1.54) is 7.11 Å². The first-order valence-corrected chi connectivity index (χ1v) is 6.55. The minimum atomic E-state index is 0.105. The summed E-state index contributed by atoms with van der Waals surface area (Å²) in [5.74, 6) is 0.748. The van der Waals surface area contributed by atoms with Crippen LogP contribution in [0, 0.1) is 5.92 Å². The zero-order chi connectivity index (χ0) is 13.7. The lowest BCUT2D eigenvalue weighted by atomic mass is 9.97. The van der Waals surface area contributed by atoms with Gasteiger partial charge in [0.2, 0.25) is 5.91 Å². The SMILES string of the molecule is COc1cc(CNC(=O)C2CCNCC2)ccc1O. The molecule has 0 aliphatic carbocycles. The molecule has 1 amide bonds. The number of piperidine rings is 1. The first-order chi connectivity index (χ1) is 9.20. The molecule has 0 aromatic heterocycles. The number of methoxy groups -OCH3 is 1. The normalized spacial score (nSPS) is 16.1. The van der Waals surface area contributed by atoms with Gasteiger partial charge < -0.3 is 20.5 Å². The fourth-order valence-corrected chi connectivity index (χ4v) is 2.25. The number of rotatable bonds is 4. The number of carbonyl (C=O) groups excluding carboxylic acids is 1. The predicted octanol–water partition coefficient (Wildman–Crippen LogP) is 1.02. The summed E-state index contributed by atoms with van der Waals surface area (Å²) in [6, 6.07) is 5.09. The van der Waals surface area contributed by atoms with Crippen molar-refractivity contribution < 1.29 is 14.6 Å². The fourth-order valence-electron chi connectivity index (χ4n) is 2.25. The van der Waals surface area contributed by atoms with E-state index in [2.05, 4.69) is 10.6 Å². The predicted molar refractivity (Wildman–Crippen MR) is 72.1 cm³/mol. The molecule has 5 heteroatoms. The van der Waals surface area contributed by atoms with E-state index >= 15 is 0 Å². The highest BCUT2D eigenvalue weighted by molar-refractivity contribution is 5.78. The van der Waals surface area contributed by atoms with E-state index in [1.807, 2.05) is 0 Å². The second-order valence-electron chi connectivity index (χ2n) is 4.75. The minimum absolute atomic E-state index is 0.105. The van der Waals surface area contributed by atoms with Crippen molar-refractivity contribution in [1.82, 2.24) is 10.6 Å². The van der Waals surface area contributed by atoms with Crippen LogP contribution in [0.5, 0.6) is 11.5 Å². The van der Waals surface area contributed by atoms with Crippen molar-refractivity contribution in [3.8, 4) is 11.5 Å². The second kappa shape index (κ2) is 6.43. The Kier molecular flexibility index (Phi) is 4.63. The summed E-state index contributed by atoms with van der Waals surface area (Å²) < 4.78 is 5.04. The molecule has 0 radical (unpaired) electrons. The van der Waals surface area contributed by atoms with Gasteiger partial charge in [-0.15, -0.1) is 0 Å². The van der Waals surface area contributed by atoms with Gasteiger partial charge in [-0.25, -0.2) is 0 Å². The molecule has 0 bridgehead atoms. The monoisotopic (exact) mass is 264 g/mol. The van der Waals surface area contributed by atoms with Crippen molar-refractivity contribution in [1.29, 1.82) is 0 Å². The van der Waals surface area contributed by atoms with Gasteiger partial charge in [-0.1, -0.05) is 6.07 Å². The lowest BCUT2D eigenvalue weighted by Gasteiger charge is -2.21. The Morgan fingerprint density at radius 3 is 2.89 bits per heavy atom. The van der Waals surface area contributed by atoms with Gasteiger partial charge in [0.15, 0.2) is 11.5 Å². The third-order valence-corrected chi connectivity index (χ3v) is 3.42. The van der Waals surface area contributed by atoms with Crippen LogP contribution in [-0.4, -0.2) is 31.2 Å². The summed E-state index contributed by atoms with van der Waals surface area (Å²) in [6.45, 7) is 2.27. The van der Waals surface area contributed by atoms with E-state index in [4.69, 9.17) is 4.74 Å². The molecule has 0 atom stereocenters. The zero-order valence-electron chi connectivity index (χ0n) is 11.1. The van der Waals surface area contributed by atoms with Crippen molar-refractivity contribution in [2.45, 2.75) is 19.4 Å². The van der Waals surface area contributed by atoms with Crippen LogP contribution in [-0.2, 0) is 11.3 Å². The van der Waals surface area contributed by atoms with Crippen LogP contribution in [0.1, 0.15) is 18.4 Å². The lowest BCUT2D eigenvalue weighted by molar-refractivity contribution is -0.125. The number of aromatic hydroxyl groups is 1. The number of hydrogen-bond acceptors (Lipinski definition) is 4. The number of benzene rings is 1. The maximum atomic E-state index is 12.0. The van der Waals surface area contributed by atoms with Crippen LogP contribution in [0.4, 0.5) is 0 Å². The van der Waals surface area contributed by atoms with Crippen molar-refractivity contribution in [2.24, 2.45) is 5.92 Å². The molecule has 1 aliphatic heterocycles. The van der Waals surface area contributed by atoms with Crippen LogP contribution < -0.4 is 15.4 Å². The van der Waals surface area contributed by atoms with Gasteiger partial charge in [0.05, 0.1) is 7.11 Å². The molecule has 0 spiro atoms. The summed E-state index contributed by atoms with van der Waals surface area (Å²) >= 11 is 0. The second-order valence-corrected chi connectivity index (χ2v) is 4.75. The van der Waals surface area contributed by atoms with E-state index < -0.39 is 0 Å². The molecular weight excluding hydrogens is 244 g/mol. The van der Waals surface area contributed by atoms with Gasteiger partial charge in [-0.3, -0.25) is 4.79 Å². The number of hydrogen-bond donors (Lipinski definition) is 3. The summed E-state index contributed by atoms with van der Waals surface area (Å²) in [5.41, 5.74) is 0.914. The third kappa shape index (κ3) is 3.61. The smallest absolute Gasteiger partial charge is 0.223 e. The van der Waals surface area contributed by atoms with Crippen LogP contribution in [0.25, 0.3) is 0 Å². The summed E-state index contributed by atoms with van der Waals surface area (Å²) in [6.07, 6.45) is 1.79. The first-order valence-electron chi connectivity index (χ1n) is 6.55. The third-order valence-electron chi connectivity index (χ3n) is 3.42. The van der Waals surface area contributed by atoms with E-state index in [0.717, 1.165) is 31.5 Å². The number of nitrogens with one attached hydrogen (secondary N) is 2. The number of ether oxygens (including phenoxy) is 1. The van der Waals surface area contributed by atoms with Gasteiger partial charge in [0, 0.05) is 12.5 Å². The minimum Gasteiger partial charge on any atom is -0.504 e. The van der Waals surface area contributed by atoms with Crippen molar-refractivity contribution in [3.63, 3.8) is 0 Å². The van der Waals surface area contributed by atoms with E-state index in [-0.39, 0.29) is 17.6 Å². The molecule has 0 saturated carbocycles. The lowest BCUT2D eigenvalue weighted by Crippen LogP contribution is -2.37. The van der Waals surface area contributed by atoms with Gasteiger partial charge in [0.1, 0.15) is 0 Å². The Balaban J connectivity index is 1.89. The summed E-state index contributed by atoms with van der Waals surface area (Å²) in [5, 5.41) is 15.7. The first kappa shape index (κ1) is 13.7. The molecule has 1 saturated heterocycles. The Morgan fingerprint density at radius 1 is 1.47 bits per heavy atom. The topological polar surface area (TPSA) is 70.6 Å². The highest BCUT2D eigenvalue weighted by Crippen LogP contribution is 2.26. The maximum absolute atomic E-state index is 12.0. The van der Waals surface area contributed by atoms with Crippen LogP contribution in [0.15, 0.2) is 18.2 Å². The van der Waals surface area contributed by atoms with E-state index in [0.29, 0.717) is 12.3 Å². The number of phenolic OH excluding ortho intramolecular Hbond substituents is 1. The molecule has 1 aliphatic rings. The Hall–Kier alpha value is -1.75. The molecule has 1 heterocycles. The Bertz CT molecular complexity index is 442. The quantitative estimate of drug-likeness (QED) is 0.759. The average molecular weight is 264 g/mol.